The average molecular weight is 330 g/mol. The maximum atomic E-state index is 11.8. The molecule has 2 rings (SSSR count). The van der Waals surface area contributed by atoms with Gasteiger partial charge in [-0.2, -0.15) is 5.10 Å². The Hall–Kier alpha value is -2.63. The summed E-state index contributed by atoms with van der Waals surface area (Å²) in [4.78, 5) is 23.4. The predicted octanol–water partition coefficient (Wildman–Crippen LogP) is 2.54. The highest BCUT2D eigenvalue weighted by Gasteiger charge is 2.08. The molecule has 0 spiro atoms. The summed E-state index contributed by atoms with van der Waals surface area (Å²) in [6, 6.07) is 9.05. The molecular formula is C18H22N2O4. The summed E-state index contributed by atoms with van der Waals surface area (Å²) in [5.41, 5.74) is 1.65. The first kappa shape index (κ1) is 17.7. The molecule has 24 heavy (non-hydrogen) atoms. The first-order valence-electron chi connectivity index (χ1n) is 7.90. The number of nitrogens with zero attached hydrogens (tertiary/aromatic N) is 1. The van der Waals surface area contributed by atoms with E-state index >= 15 is 0 Å². The van der Waals surface area contributed by atoms with Crippen molar-refractivity contribution in [1.82, 2.24) is 10.2 Å². The number of nitrogens with one attached hydrogen (secondary N) is 1. The molecule has 128 valence electrons. The minimum absolute atomic E-state index is 0.115. The first-order chi connectivity index (χ1) is 11.4. The highest BCUT2D eigenvalue weighted by Crippen LogP contribution is 2.15. The van der Waals surface area contributed by atoms with Crippen LogP contribution in [0.25, 0.3) is 0 Å². The molecule has 0 aliphatic rings. The van der Waals surface area contributed by atoms with E-state index in [1.54, 1.807) is 6.92 Å². The van der Waals surface area contributed by atoms with Gasteiger partial charge in [0, 0.05) is 18.2 Å². The lowest BCUT2D eigenvalue weighted by Gasteiger charge is -2.10. The molecule has 0 radical (unpaired) electrons. The summed E-state index contributed by atoms with van der Waals surface area (Å²) in [5.74, 6) is 0.445. The Kier molecular flexibility index (Phi) is 6.12. The Labute approximate surface area is 140 Å². The number of aromatic amines is 1. The Morgan fingerprint density at radius 1 is 1.25 bits per heavy atom. The monoisotopic (exact) mass is 330 g/mol. The van der Waals surface area contributed by atoms with E-state index in [1.807, 2.05) is 38.1 Å². The minimum atomic E-state index is -0.362. The quantitative estimate of drug-likeness (QED) is 0.789. The van der Waals surface area contributed by atoms with Gasteiger partial charge in [0.05, 0.1) is 6.10 Å². The second kappa shape index (κ2) is 8.29. The number of benzene rings is 1. The fraction of sp³-hybridized carbons (Fsp3) is 0.389. The van der Waals surface area contributed by atoms with Gasteiger partial charge in [-0.25, -0.2) is 0 Å². The van der Waals surface area contributed by atoms with E-state index < -0.39 is 0 Å². The number of hydrogen-bond donors (Lipinski definition) is 1. The van der Waals surface area contributed by atoms with Crippen LogP contribution in [0.5, 0.6) is 5.75 Å². The lowest BCUT2D eigenvalue weighted by molar-refractivity contribution is -0.145. The van der Waals surface area contributed by atoms with Crippen molar-refractivity contribution in [3.8, 4) is 5.75 Å². The first-order valence-corrected chi connectivity index (χ1v) is 7.90. The molecule has 0 amide bonds. The number of ether oxygens (including phenoxy) is 2. The van der Waals surface area contributed by atoms with E-state index in [9.17, 15) is 9.59 Å². The van der Waals surface area contributed by atoms with Crippen LogP contribution in [0.4, 0.5) is 0 Å². The zero-order chi connectivity index (χ0) is 17.5. The molecule has 6 nitrogen and oxygen atoms in total. The Morgan fingerprint density at radius 3 is 2.58 bits per heavy atom. The zero-order valence-electron chi connectivity index (χ0n) is 14.2. The summed E-state index contributed by atoms with van der Waals surface area (Å²) in [7, 11) is 0. The Balaban J connectivity index is 1.79. The van der Waals surface area contributed by atoms with Gasteiger partial charge in [0.2, 0.25) is 5.43 Å². The van der Waals surface area contributed by atoms with Gasteiger partial charge in [-0.15, -0.1) is 0 Å². The van der Waals surface area contributed by atoms with Crippen molar-refractivity contribution in [2.75, 3.05) is 0 Å². The number of H-pyrrole nitrogens is 1. The number of rotatable bonds is 7. The van der Waals surface area contributed by atoms with Crippen molar-refractivity contribution in [2.45, 2.75) is 46.3 Å². The number of aromatic nitrogens is 2. The van der Waals surface area contributed by atoms with Crippen molar-refractivity contribution in [1.29, 1.82) is 0 Å². The van der Waals surface area contributed by atoms with Gasteiger partial charge in [-0.1, -0.05) is 12.1 Å². The highest BCUT2D eigenvalue weighted by molar-refractivity contribution is 5.69. The van der Waals surface area contributed by atoms with Crippen molar-refractivity contribution in [3.05, 3.63) is 57.5 Å². The van der Waals surface area contributed by atoms with Gasteiger partial charge in [-0.3, -0.25) is 14.7 Å². The van der Waals surface area contributed by atoms with Crippen LogP contribution >= 0.6 is 0 Å². The lowest BCUT2D eigenvalue weighted by atomic mass is 10.1. The van der Waals surface area contributed by atoms with Gasteiger partial charge in [0.1, 0.15) is 18.1 Å². The topological polar surface area (TPSA) is 81.3 Å². The lowest BCUT2D eigenvalue weighted by Crippen LogP contribution is -2.16. The Bertz CT molecular complexity index is 735. The third kappa shape index (κ3) is 5.53. The smallest absolute Gasteiger partial charge is 0.306 e. The van der Waals surface area contributed by atoms with E-state index in [0.717, 1.165) is 11.3 Å². The second-order valence-corrected chi connectivity index (χ2v) is 5.83. The molecule has 0 atom stereocenters. The van der Waals surface area contributed by atoms with Crippen LogP contribution in [0.3, 0.4) is 0 Å². The van der Waals surface area contributed by atoms with Gasteiger partial charge < -0.3 is 9.47 Å². The summed E-state index contributed by atoms with van der Waals surface area (Å²) in [6.07, 6.45) is 0.941. The van der Waals surface area contributed by atoms with E-state index in [1.165, 1.54) is 6.07 Å². The zero-order valence-corrected chi connectivity index (χ0v) is 14.2. The van der Waals surface area contributed by atoms with Crippen LogP contribution in [0, 0.1) is 6.92 Å². The van der Waals surface area contributed by atoms with Gasteiger partial charge in [0.15, 0.2) is 0 Å². The molecule has 1 N–H and O–H groups in total. The fourth-order valence-electron chi connectivity index (χ4n) is 2.10. The van der Waals surface area contributed by atoms with E-state index in [2.05, 4.69) is 10.2 Å². The van der Waals surface area contributed by atoms with Crippen LogP contribution in [0.1, 0.15) is 37.2 Å². The third-order valence-corrected chi connectivity index (χ3v) is 3.28. The molecule has 0 unspecified atom stereocenters. The predicted molar refractivity (Wildman–Crippen MR) is 89.9 cm³/mol. The van der Waals surface area contributed by atoms with E-state index in [0.29, 0.717) is 12.1 Å². The number of esters is 1. The standard InChI is InChI=1S/C18H22N2O4/c1-12(2)24-15-7-4-14(5-8-15)6-9-18(22)23-11-16-17(21)10-13(3)19-20-16/h4-5,7-8,10,12H,6,9,11H2,1-3H3,(H,19,21). The summed E-state index contributed by atoms with van der Waals surface area (Å²) in [5, 5.41) is 6.56. The van der Waals surface area contributed by atoms with Crippen molar-refractivity contribution in [2.24, 2.45) is 0 Å². The van der Waals surface area contributed by atoms with Crippen molar-refractivity contribution in [3.63, 3.8) is 0 Å². The van der Waals surface area contributed by atoms with Crippen LogP contribution in [-0.4, -0.2) is 22.3 Å². The number of hydrogen-bond acceptors (Lipinski definition) is 5. The van der Waals surface area contributed by atoms with Gasteiger partial charge in [0.25, 0.3) is 0 Å². The maximum absolute atomic E-state index is 11.8. The molecular weight excluding hydrogens is 308 g/mol. The van der Waals surface area contributed by atoms with Crippen LogP contribution in [0.15, 0.2) is 35.1 Å². The molecule has 0 saturated heterocycles. The molecule has 1 aromatic carbocycles. The molecule has 6 heteroatoms. The maximum Gasteiger partial charge on any atom is 0.306 e. The molecule has 0 aliphatic carbocycles. The molecule has 0 fully saturated rings. The van der Waals surface area contributed by atoms with Crippen molar-refractivity contribution >= 4 is 5.97 Å². The molecule has 2 aromatic rings. The summed E-state index contributed by atoms with van der Waals surface area (Å²) >= 11 is 0. The molecule has 1 heterocycles. The molecule has 1 aromatic heterocycles. The number of aryl methyl sites for hydroxylation is 2. The molecule has 0 aliphatic heterocycles. The summed E-state index contributed by atoms with van der Waals surface area (Å²) < 4.78 is 10.7. The average Bonchev–Trinajstić information content (AvgIpc) is 2.53. The Morgan fingerprint density at radius 2 is 1.96 bits per heavy atom. The van der Waals surface area contributed by atoms with Crippen LogP contribution in [0.2, 0.25) is 0 Å². The largest absolute Gasteiger partial charge is 0.491 e. The van der Waals surface area contributed by atoms with E-state index in [-0.39, 0.29) is 36.2 Å². The van der Waals surface area contributed by atoms with Crippen LogP contribution < -0.4 is 10.2 Å². The molecule has 0 saturated carbocycles. The highest BCUT2D eigenvalue weighted by atomic mass is 16.5. The number of carbonyl (C=O) groups excluding carboxylic acids is 1. The normalized spacial score (nSPS) is 10.7. The van der Waals surface area contributed by atoms with Gasteiger partial charge >= 0.3 is 5.97 Å². The van der Waals surface area contributed by atoms with E-state index in [4.69, 9.17) is 9.47 Å². The number of carbonyl (C=O) groups is 1. The minimum Gasteiger partial charge on any atom is -0.491 e. The second-order valence-electron chi connectivity index (χ2n) is 5.83. The third-order valence-electron chi connectivity index (χ3n) is 3.28. The van der Waals surface area contributed by atoms with Crippen molar-refractivity contribution < 1.29 is 14.3 Å². The fourth-order valence-corrected chi connectivity index (χ4v) is 2.10. The van der Waals surface area contributed by atoms with Crippen LogP contribution in [-0.2, 0) is 22.6 Å². The van der Waals surface area contributed by atoms with Gasteiger partial charge in [-0.05, 0) is 44.9 Å². The summed E-state index contributed by atoms with van der Waals surface area (Å²) in [6.45, 7) is 5.56. The SMILES string of the molecule is Cc1cc(=O)c(COC(=O)CCc2ccc(OC(C)C)cc2)n[nH]1. The molecule has 0 bridgehead atoms.